The van der Waals surface area contributed by atoms with Crippen molar-refractivity contribution in [2.45, 2.75) is 77.7 Å². The van der Waals surface area contributed by atoms with Gasteiger partial charge in [0.1, 0.15) is 0 Å². The summed E-state index contributed by atoms with van der Waals surface area (Å²) >= 11 is 0. The summed E-state index contributed by atoms with van der Waals surface area (Å²) in [5.41, 5.74) is 1.65. The molecule has 4 aliphatic carbocycles. The zero-order valence-electron chi connectivity index (χ0n) is 14.1. The number of oxime groups is 1. The zero-order valence-corrected chi connectivity index (χ0v) is 14.1. The van der Waals surface area contributed by atoms with Crippen LogP contribution in [0.5, 0.6) is 0 Å². The van der Waals surface area contributed by atoms with Gasteiger partial charge in [-0.3, -0.25) is 0 Å². The van der Waals surface area contributed by atoms with Crippen LogP contribution in [-0.2, 0) is 0 Å². The molecular formula is C19H31NO2. The van der Waals surface area contributed by atoms with Crippen molar-refractivity contribution in [3.8, 4) is 0 Å². The largest absolute Gasteiger partial charge is 0.411 e. The first-order chi connectivity index (χ1) is 10.5. The Labute approximate surface area is 134 Å². The second-order valence-electron chi connectivity index (χ2n) is 9.16. The van der Waals surface area contributed by atoms with Crippen molar-refractivity contribution >= 4 is 5.71 Å². The standard InChI is InChI=1S/C19H31NO2/c1-18-9-7-13(20-22)11-12(18)3-4-14-15-5-6-17(21)19(15,2)10-8-16(14)18/h12,14-17,21-22H,3-11H2,1-2H3/b20-13+/t12-,14+,15+,16+,17-,18-,19+/m0/s1. The molecule has 22 heavy (non-hydrogen) atoms. The highest BCUT2D eigenvalue weighted by molar-refractivity contribution is 5.85. The number of nitrogens with zero attached hydrogens (tertiary/aromatic N) is 1. The molecule has 0 bridgehead atoms. The fraction of sp³-hybridized carbons (Fsp3) is 0.947. The van der Waals surface area contributed by atoms with Gasteiger partial charge in [0.05, 0.1) is 11.8 Å². The van der Waals surface area contributed by atoms with E-state index in [0.717, 1.165) is 42.7 Å². The van der Waals surface area contributed by atoms with Crippen LogP contribution < -0.4 is 0 Å². The van der Waals surface area contributed by atoms with E-state index in [1.807, 2.05) is 0 Å². The third-order valence-corrected chi connectivity index (χ3v) is 8.59. The van der Waals surface area contributed by atoms with Crippen LogP contribution >= 0.6 is 0 Å². The van der Waals surface area contributed by atoms with E-state index >= 15 is 0 Å². The van der Waals surface area contributed by atoms with Gasteiger partial charge in [-0.2, -0.15) is 0 Å². The quantitative estimate of drug-likeness (QED) is 0.520. The van der Waals surface area contributed by atoms with E-state index in [4.69, 9.17) is 5.21 Å². The van der Waals surface area contributed by atoms with Crippen LogP contribution in [0.25, 0.3) is 0 Å². The van der Waals surface area contributed by atoms with E-state index in [0.29, 0.717) is 11.3 Å². The Balaban J connectivity index is 1.62. The molecule has 0 aromatic rings. The summed E-state index contributed by atoms with van der Waals surface area (Å²) < 4.78 is 0. The highest BCUT2D eigenvalue weighted by Crippen LogP contribution is 2.65. The lowest BCUT2D eigenvalue weighted by Gasteiger charge is -2.60. The molecule has 4 fully saturated rings. The van der Waals surface area contributed by atoms with E-state index in [1.54, 1.807) is 0 Å². The lowest BCUT2D eigenvalue weighted by atomic mass is 9.45. The molecule has 0 heterocycles. The lowest BCUT2D eigenvalue weighted by molar-refractivity contribution is -0.112. The highest BCUT2D eigenvalue weighted by atomic mass is 16.4. The Morgan fingerprint density at radius 3 is 2.50 bits per heavy atom. The maximum absolute atomic E-state index is 10.5. The van der Waals surface area contributed by atoms with Crippen LogP contribution in [0.2, 0.25) is 0 Å². The van der Waals surface area contributed by atoms with Crippen LogP contribution in [0.1, 0.15) is 71.6 Å². The fourth-order valence-electron chi connectivity index (χ4n) is 7.12. The molecule has 0 aromatic heterocycles. The first kappa shape index (κ1) is 15.0. The van der Waals surface area contributed by atoms with Crippen LogP contribution in [0.15, 0.2) is 5.16 Å². The second-order valence-corrected chi connectivity index (χ2v) is 9.16. The van der Waals surface area contributed by atoms with Gasteiger partial charge in [0.15, 0.2) is 0 Å². The summed E-state index contributed by atoms with van der Waals surface area (Å²) in [6, 6.07) is 0. The molecule has 0 saturated heterocycles. The van der Waals surface area contributed by atoms with Crippen LogP contribution in [0.3, 0.4) is 0 Å². The van der Waals surface area contributed by atoms with Gasteiger partial charge >= 0.3 is 0 Å². The van der Waals surface area contributed by atoms with Crippen molar-refractivity contribution in [1.82, 2.24) is 0 Å². The minimum atomic E-state index is -0.0662. The molecule has 0 unspecified atom stereocenters. The monoisotopic (exact) mass is 305 g/mol. The van der Waals surface area contributed by atoms with E-state index in [-0.39, 0.29) is 11.5 Å². The van der Waals surface area contributed by atoms with Crippen molar-refractivity contribution in [2.75, 3.05) is 0 Å². The molecule has 4 aliphatic rings. The smallest absolute Gasteiger partial charge is 0.0596 e. The van der Waals surface area contributed by atoms with Crippen LogP contribution in [-0.4, -0.2) is 22.1 Å². The number of aliphatic hydroxyl groups excluding tert-OH is 1. The van der Waals surface area contributed by atoms with Crippen molar-refractivity contribution in [1.29, 1.82) is 0 Å². The van der Waals surface area contributed by atoms with Crippen molar-refractivity contribution in [3.05, 3.63) is 0 Å². The number of hydrogen-bond donors (Lipinski definition) is 2. The summed E-state index contributed by atoms with van der Waals surface area (Å²) in [7, 11) is 0. The van der Waals surface area contributed by atoms with Gasteiger partial charge in [-0.15, -0.1) is 0 Å². The molecule has 3 nitrogen and oxygen atoms in total. The van der Waals surface area contributed by atoms with Gasteiger partial charge in [-0.05, 0) is 92.3 Å². The van der Waals surface area contributed by atoms with Crippen LogP contribution in [0, 0.1) is 34.5 Å². The molecule has 124 valence electrons. The van der Waals surface area contributed by atoms with Crippen molar-refractivity contribution < 1.29 is 10.3 Å². The predicted octanol–water partition coefficient (Wildman–Crippen LogP) is 4.22. The second kappa shape index (κ2) is 4.96. The number of rotatable bonds is 0. The highest BCUT2D eigenvalue weighted by Gasteiger charge is 2.59. The number of fused-ring (bicyclic) bond motifs is 5. The molecule has 2 N–H and O–H groups in total. The van der Waals surface area contributed by atoms with E-state index in [1.165, 1.54) is 38.5 Å². The first-order valence-corrected chi connectivity index (χ1v) is 9.37. The molecule has 7 atom stereocenters. The third-order valence-electron chi connectivity index (χ3n) is 8.59. The Kier molecular flexibility index (Phi) is 3.38. The first-order valence-electron chi connectivity index (χ1n) is 9.37. The molecule has 3 heteroatoms. The SMILES string of the molecule is C[C@]12CC/C(=N\O)C[C@@H]1CC[C@H]1[C@H]2CC[C@]2(C)[C@@H]1CC[C@@H]2O. The molecular weight excluding hydrogens is 274 g/mol. The summed E-state index contributed by atoms with van der Waals surface area (Å²) in [6.45, 7) is 4.88. The molecule has 0 amide bonds. The minimum absolute atomic E-state index is 0.0662. The molecule has 4 rings (SSSR count). The summed E-state index contributed by atoms with van der Waals surface area (Å²) in [5.74, 6) is 3.11. The van der Waals surface area contributed by atoms with Gasteiger partial charge in [-0.25, -0.2) is 0 Å². The maximum atomic E-state index is 10.5. The fourth-order valence-corrected chi connectivity index (χ4v) is 7.12. The average Bonchev–Trinajstić information content (AvgIpc) is 2.82. The van der Waals surface area contributed by atoms with Gasteiger partial charge in [-0.1, -0.05) is 19.0 Å². The van der Waals surface area contributed by atoms with Gasteiger partial charge in [0.2, 0.25) is 0 Å². The molecule has 4 saturated carbocycles. The topological polar surface area (TPSA) is 52.8 Å². The molecule has 0 aromatic carbocycles. The summed E-state index contributed by atoms with van der Waals surface area (Å²) in [6.07, 6.45) is 10.5. The van der Waals surface area contributed by atoms with E-state index in [9.17, 15) is 5.11 Å². The molecule has 0 aliphatic heterocycles. The van der Waals surface area contributed by atoms with E-state index < -0.39 is 0 Å². The summed E-state index contributed by atoms with van der Waals surface area (Å²) in [4.78, 5) is 0. The average molecular weight is 305 g/mol. The zero-order chi connectivity index (χ0) is 15.5. The lowest BCUT2D eigenvalue weighted by Crippen LogP contribution is -2.54. The number of hydrogen-bond acceptors (Lipinski definition) is 3. The van der Waals surface area contributed by atoms with Crippen molar-refractivity contribution in [2.24, 2.45) is 39.7 Å². The minimum Gasteiger partial charge on any atom is -0.411 e. The van der Waals surface area contributed by atoms with Gasteiger partial charge < -0.3 is 10.3 Å². The molecule has 0 radical (unpaired) electrons. The Morgan fingerprint density at radius 2 is 1.73 bits per heavy atom. The van der Waals surface area contributed by atoms with Gasteiger partial charge in [0, 0.05) is 0 Å². The Bertz CT molecular complexity index is 490. The normalized spacial score (nSPS) is 56.3. The number of aliphatic hydroxyl groups is 1. The molecule has 0 spiro atoms. The Hall–Kier alpha value is -0.570. The van der Waals surface area contributed by atoms with Gasteiger partial charge in [0.25, 0.3) is 0 Å². The summed E-state index contributed by atoms with van der Waals surface area (Å²) in [5, 5.41) is 23.2. The van der Waals surface area contributed by atoms with E-state index in [2.05, 4.69) is 19.0 Å². The predicted molar refractivity (Wildman–Crippen MR) is 87.0 cm³/mol. The maximum Gasteiger partial charge on any atom is 0.0596 e. The third kappa shape index (κ3) is 1.87. The Morgan fingerprint density at radius 1 is 0.955 bits per heavy atom. The van der Waals surface area contributed by atoms with Crippen molar-refractivity contribution in [3.63, 3.8) is 0 Å². The van der Waals surface area contributed by atoms with Crippen LogP contribution in [0.4, 0.5) is 0 Å².